The molecule has 0 unspecified atom stereocenters. The number of carboxylic acid groups (broad SMARTS) is 1. The molecular weight excluding hydrogens is 307 g/mol. The SMILES string of the molecule is Nc1ccc(C(=O)O)nc1Sc1ccc(Cl)c(Cl)c1. The van der Waals surface area contributed by atoms with Gasteiger partial charge in [-0.25, -0.2) is 9.78 Å². The number of rotatable bonds is 3. The molecule has 2 rings (SSSR count). The number of aromatic carboxylic acids is 1. The lowest BCUT2D eigenvalue weighted by atomic mass is 10.3. The molecule has 4 nitrogen and oxygen atoms in total. The van der Waals surface area contributed by atoms with Crippen LogP contribution in [0.1, 0.15) is 10.5 Å². The van der Waals surface area contributed by atoms with Crippen LogP contribution in [-0.2, 0) is 0 Å². The molecule has 0 aliphatic rings. The van der Waals surface area contributed by atoms with E-state index in [1.54, 1.807) is 18.2 Å². The van der Waals surface area contributed by atoms with E-state index in [1.165, 1.54) is 23.9 Å². The number of nitrogens with two attached hydrogens (primary N) is 1. The highest BCUT2D eigenvalue weighted by atomic mass is 35.5. The summed E-state index contributed by atoms with van der Waals surface area (Å²) in [4.78, 5) is 15.6. The molecule has 0 spiro atoms. The lowest BCUT2D eigenvalue weighted by Crippen LogP contribution is -2.02. The van der Waals surface area contributed by atoms with Gasteiger partial charge in [-0.15, -0.1) is 0 Å². The summed E-state index contributed by atoms with van der Waals surface area (Å²) >= 11 is 13.0. The lowest BCUT2D eigenvalue weighted by Gasteiger charge is -2.06. The van der Waals surface area contributed by atoms with Gasteiger partial charge in [-0.3, -0.25) is 0 Å². The molecule has 0 amide bonds. The third-order valence-electron chi connectivity index (χ3n) is 2.21. The molecule has 19 heavy (non-hydrogen) atoms. The third-order valence-corrected chi connectivity index (χ3v) is 3.96. The minimum atomic E-state index is -1.10. The zero-order valence-corrected chi connectivity index (χ0v) is 11.8. The van der Waals surface area contributed by atoms with Crippen LogP contribution in [0.3, 0.4) is 0 Å². The summed E-state index contributed by atoms with van der Waals surface area (Å²) in [5, 5.41) is 10.2. The fraction of sp³-hybridized carbons (Fsp3) is 0. The molecule has 0 saturated heterocycles. The topological polar surface area (TPSA) is 76.2 Å². The van der Waals surface area contributed by atoms with Crippen LogP contribution in [0, 0.1) is 0 Å². The van der Waals surface area contributed by atoms with Gasteiger partial charge in [-0.05, 0) is 30.3 Å². The van der Waals surface area contributed by atoms with E-state index in [1.807, 2.05) is 0 Å². The van der Waals surface area contributed by atoms with Gasteiger partial charge in [-0.1, -0.05) is 35.0 Å². The first kappa shape index (κ1) is 14.0. The fourth-order valence-electron chi connectivity index (χ4n) is 1.30. The van der Waals surface area contributed by atoms with Crippen LogP contribution in [0.4, 0.5) is 5.69 Å². The van der Waals surface area contributed by atoms with Gasteiger partial charge in [-0.2, -0.15) is 0 Å². The van der Waals surface area contributed by atoms with Gasteiger partial charge in [0, 0.05) is 4.90 Å². The Bertz CT molecular complexity index is 650. The molecule has 7 heteroatoms. The Morgan fingerprint density at radius 2 is 1.95 bits per heavy atom. The molecule has 0 radical (unpaired) electrons. The zero-order chi connectivity index (χ0) is 14.0. The monoisotopic (exact) mass is 314 g/mol. The van der Waals surface area contributed by atoms with Crippen molar-refractivity contribution in [3.8, 4) is 0 Å². The van der Waals surface area contributed by atoms with Crippen LogP contribution in [0.25, 0.3) is 0 Å². The highest BCUT2D eigenvalue weighted by molar-refractivity contribution is 7.99. The molecule has 0 bridgehead atoms. The van der Waals surface area contributed by atoms with Crippen molar-refractivity contribution in [3.63, 3.8) is 0 Å². The average Bonchev–Trinajstić information content (AvgIpc) is 2.36. The second-order valence-corrected chi connectivity index (χ2v) is 5.45. The molecule has 0 fully saturated rings. The highest BCUT2D eigenvalue weighted by Gasteiger charge is 2.10. The number of anilines is 1. The maximum atomic E-state index is 10.9. The first-order valence-corrected chi connectivity index (χ1v) is 6.67. The first-order valence-electron chi connectivity index (χ1n) is 5.10. The number of carbonyl (C=O) groups is 1. The van der Waals surface area contributed by atoms with Crippen molar-refractivity contribution in [2.75, 3.05) is 5.73 Å². The van der Waals surface area contributed by atoms with E-state index < -0.39 is 5.97 Å². The van der Waals surface area contributed by atoms with Crippen molar-refractivity contribution in [2.45, 2.75) is 9.92 Å². The Hall–Kier alpha value is -1.43. The van der Waals surface area contributed by atoms with Crippen LogP contribution in [0.5, 0.6) is 0 Å². The number of nitrogens with zero attached hydrogens (tertiary/aromatic N) is 1. The standard InChI is InChI=1S/C12H8Cl2N2O2S/c13-7-2-1-6(5-8(7)14)19-11-9(15)3-4-10(16-11)12(17)18/h1-5H,15H2,(H,17,18). The van der Waals surface area contributed by atoms with Crippen LogP contribution in [0.2, 0.25) is 10.0 Å². The maximum absolute atomic E-state index is 10.9. The largest absolute Gasteiger partial charge is 0.477 e. The van der Waals surface area contributed by atoms with E-state index in [2.05, 4.69) is 4.98 Å². The summed E-state index contributed by atoms with van der Waals surface area (Å²) in [7, 11) is 0. The summed E-state index contributed by atoms with van der Waals surface area (Å²) < 4.78 is 0. The van der Waals surface area contributed by atoms with Crippen LogP contribution in [0.15, 0.2) is 40.3 Å². The Kier molecular flexibility index (Phi) is 4.19. The average molecular weight is 315 g/mol. The van der Waals surface area contributed by atoms with Gasteiger partial charge in [0.25, 0.3) is 0 Å². The van der Waals surface area contributed by atoms with Gasteiger partial charge in [0.2, 0.25) is 0 Å². The number of aromatic nitrogens is 1. The summed E-state index contributed by atoms with van der Waals surface area (Å²) in [6.07, 6.45) is 0. The summed E-state index contributed by atoms with van der Waals surface area (Å²) in [5.74, 6) is -1.10. The third kappa shape index (κ3) is 3.32. The van der Waals surface area contributed by atoms with Gasteiger partial charge >= 0.3 is 5.97 Å². The molecule has 2 aromatic rings. The Morgan fingerprint density at radius 1 is 1.21 bits per heavy atom. The van der Waals surface area contributed by atoms with Gasteiger partial charge in [0.15, 0.2) is 0 Å². The number of benzene rings is 1. The Morgan fingerprint density at radius 3 is 2.58 bits per heavy atom. The quantitative estimate of drug-likeness (QED) is 0.900. The van der Waals surface area contributed by atoms with E-state index in [0.29, 0.717) is 20.8 Å². The van der Waals surface area contributed by atoms with Gasteiger partial charge in [0.1, 0.15) is 10.7 Å². The number of halogens is 2. The molecule has 1 aromatic heterocycles. The molecule has 1 aromatic carbocycles. The van der Waals surface area contributed by atoms with E-state index in [0.717, 1.165) is 4.90 Å². The highest BCUT2D eigenvalue weighted by Crippen LogP contribution is 2.34. The molecule has 0 aliphatic heterocycles. The molecule has 0 saturated carbocycles. The predicted molar refractivity (Wildman–Crippen MR) is 76.2 cm³/mol. The summed E-state index contributed by atoms with van der Waals surface area (Å²) in [6.45, 7) is 0. The minimum absolute atomic E-state index is 0.0586. The number of carboxylic acids is 1. The lowest BCUT2D eigenvalue weighted by molar-refractivity contribution is 0.0690. The predicted octanol–water partition coefficient (Wildman–Crippen LogP) is 3.82. The summed E-state index contributed by atoms with van der Waals surface area (Å²) in [6, 6.07) is 7.95. The van der Waals surface area contributed by atoms with Crippen LogP contribution < -0.4 is 5.73 Å². The van der Waals surface area contributed by atoms with Crippen molar-refractivity contribution in [1.82, 2.24) is 4.98 Å². The first-order chi connectivity index (χ1) is 8.97. The fourth-order valence-corrected chi connectivity index (χ4v) is 2.53. The van der Waals surface area contributed by atoms with Crippen molar-refractivity contribution in [3.05, 3.63) is 46.1 Å². The second-order valence-electron chi connectivity index (χ2n) is 3.57. The molecule has 3 N–H and O–H groups in total. The van der Waals surface area contributed by atoms with Crippen molar-refractivity contribution in [2.24, 2.45) is 0 Å². The van der Waals surface area contributed by atoms with Crippen molar-refractivity contribution < 1.29 is 9.90 Å². The zero-order valence-electron chi connectivity index (χ0n) is 9.43. The number of hydrogen-bond acceptors (Lipinski definition) is 4. The molecule has 98 valence electrons. The van der Waals surface area contributed by atoms with E-state index in [9.17, 15) is 4.79 Å². The number of nitrogen functional groups attached to an aromatic ring is 1. The summed E-state index contributed by atoms with van der Waals surface area (Å²) in [5.41, 5.74) is 6.12. The Labute approximate surface area is 123 Å². The van der Waals surface area contributed by atoms with E-state index in [-0.39, 0.29) is 5.69 Å². The smallest absolute Gasteiger partial charge is 0.354 e. The molecule has 1 heterocycles. The van der Waals surface area contributed by atoms with Crippen molar-refractivity contribution >= 4 is 46.6 Å². The van der Waals surface area contributed by atoms with Gasteiger partial charge in [0.05, 0.1) is 15.7 Å². The normalized spacial score (nSPS) is 10.4. The Balaban J connectivity index is 2.34. The maximum Gasteiger partial charge on any atom is 0.354 e. The van der Waals surface area contributed by atoms with Gasteiger partial charge < -0.3 is 10.8 Å². The minimum Gasteiger partial charge on any atom is -0.477 e. The second kappa shape index (κ2) is 5.69. The molecule has 0 atom stereocenters. The van der Waals surface area contributed by atoms with Crippen LogP contribution >= 0.6 is 35.0 Å². The number of pyridine rings is 1. The number of hydrogen-bond donors (Lipinski definition) is 2. The van der Waals surface area contributed by atoms with E-state index in [4.69, 9.17) is 34.0 Å². The van der Waals surface area contributed by atoms with Crippen LogP contribution in [-0.4, -0.2) is 16.1 Å². The van der Waals surface area contributed by atoms with E-state index >= 15 is 0 Å². The molecule has 0 aliphatic carbocycles. The molecular formula is C12H8Cl2N2O2S. The van der Waals surface area contributed by atoms with Crippen molar-refractivity contribution in [1.29, 1.82) is 0 Å².